The Kier molecular flexibility index (Phi) is 4.49. The average molecular weight is 297 g/mol. The van der Waals surface area contributed by atoms with E-state index in [1.807, 2.05) is 13.0 Å². The number of benzene rings is 1. The number of aliphatic carboxylic acids is 1. The molecule has 1 fully saturated rings. The number of anilines is 1. The van der Waals surface area contributed by atoms with Crippen LogP contribution in [0.5, 0.6) is 0 Å². The van der Waals surface area contributed by atoms with Gasteiger partial charge in [-0.25, -0.2) is 4.79 Å². The normalized spacial score (nSPS) is 13.9. The Balaban J connectivity index is 2.00. The van der Waals surface area contributed by atoms with Crippen molar-refractivity contribution in [2.24, 2.45) is 0 Å². The number of carbonyl (C=O) groups excluding carboxylic acids is 1. The predicted octanol–water partition coefficient (Wildman–Crippen LogP) is 3.12. The third kappa shape index (κ3) is 3.87. The maximum atomic E-state index is 12.2. The van der Waals surface area contributed by atoms with Gasteiger partial charge in [0.05, 0.1) is 6.42 Å². The molecule has 0 radical (unpaired) electrons. The lowest BCUT2D eigenvalue weighted by Gasteiger charge is -2.22. The van der Waals surface area contributed by atoms with Gasteiger partial charge in [0.1, 0.15) is 0 Å². The molecule has 0 aromatic heterocycles. The molecule has 0 aliphatic heterocycles. The average Bonchev–Trinajstić information content (AvgIpc) is 3.18. The van der Waals surface area contributed by atoms with Crippen LogP contribution in [-0.4, -0.2) is 34.6 Å². The lowest BCUT2D eigenvalue weighted by molar-refractivity contribution is -0.137. The number of halogens is 1. The number of hydrogen-bond acceptors (Lipinski definition) is 2. The van der Waals surface area contributed by atoms with E-state index >= 15 is 0 Å². The first-order chi connectivity index (χ1) is 9.47. The Labute approximate surface area is 122 Å². The summed E-state index contributed by atoms with van der Waals surface area (Å²) >= 11 is 6.01. The molecule has 0 heterocycles. The first-order valence-corrected chi connectivity index (χ1v) is 6.90. The highest BCUT2D eigenvalue weighted by Crippen LogP contribution is 2.28. The predicted molar refractivity (Wildman–Crippen MR) is 77.2 cm³/mol. The van der Waals surface area contributed by atoms with Gasteiger partial charge in [-0.3, -0.25) is 4.79 Å². The fourth-order valence-electron chi connectivity index (χ4n) is 1.92. The first-order valence-electron chi connectivity index (χ1n) is 6.53. The van der Waals surface area contributed by atoms with Gasteiger partial charge in [-0.1, -0.05) is 17.7 Å². The molecule has 1 saturated carbocycles. The lowest BCUT2D eigenvalue weighted by atomic mass is 10.2. The smallest absolute Gasteiger partial charge is 0.322 e. The zero-order valence-corrected chi connectivity index (χ0v) is 12.0. The maximum Gasteiger partial charge on any atom is 0.322 e. The van der Waals surface area contributed by atoms with Gasteiger partial charge in [0.15, 0.2) is 0 Å². The number of carboxylic acids is 1. The summed E-state index contributed by atoms with van der Waals surface area (Å²) in [5, 5.41) is 12.1. The molecule has 108 valence electrons. The molecule has 1 aromatic rings. The number of nitrogens with zero attached hydrogens (tertiary/aromatic N) is 1. The van der Waals surface area contributed by atoms with Crippen LogP contribution in [0.15, 0.2) is 18.2 Å². The molecule has 0 bridgehead atoms. The van der Waals surface area contributed by atoms with Gasteiger partial charge in [0, 0.05) is 23.3 Å². The number of urea groups is 1. The van der Waals surface area contributed by atoms with Gasteiger partial charge in [-0.2, -0.15) is 0 Å². The SMILES string of the molecule is Cc1ccc(NC(=O)N(CCC(=O)O)C2CC2)cc1Cl. The second-order valence-corrected chi connectivity index (χ2v) is 5.37. The summed E-state index contributed by atoms with van der Waals surface area (Å²) in [4.78, 5) is 24.4. The minimum absolute atomic E-state index is 0.0431. The Bertz CT molecular complexity index is 529. The van der Waals surface area contributed by atoms with Gasteiger partial charge in [-0.05, 0) is 37.5 Å². The van der Waals surface area contributed by atoms with Crippen molar-refractivity contribution >= 4 is 29.3 Å². The maximum absolute atomic E-state index is 12.2. The number of nitrogens with one attached hydrogen (secondary N) is 1. The zero-order valence-electron chi connectivity index (χ0n) is 11.2. The molecule has 0 atom stereocenters. The highest BCUT2D eigenvalue weighted by molar-refractivity contribution is 6.31. The molecule has 1 aromatic carbocycles. The Morgan fingerprint density at radius 2 is 2.15 bits per heavy atom. The summed E-state index contributed by atoms with van der Waals surface area (Å²) in [6, 6.07) is 5.19. The molecule has 2 N–H and O–H groups in total. The molecule has 6 heteroatoms. The van der Waals surface area contributed by atoms with Crippen LogP contribution in [-0.2, 0) is 4.79 Å². The van der Waals surface area contributed by atoms with Gasteiger partial charge in [0.2, 0.25) is 0 Å². The molecule has 0 unspecified atom stereocenters. The summed E-state index contributed by atoms with van der Waals surface area (Å²) in [5.74, 6) is -0.901. The van der Waals surface area contributed by atoms with Gasteiger partial charge in [-0.15, -0.1) is 0 Å². The topological polar surface area (TPSA) is 69.6 Å². The van der Waals surface area contributed by atoms with E-state index < -0.39 is 5.97 Å². The van der Waals surface area contributed by atoms with Crippen LogP contribution in [0.1, 0.15) is 24.8 Å². The van der Waals surface area contributed by atoms with E-state index in [9.17, 15) is 9.59 Å². The number of amides is 2. The lowest BCUT2D eigenvalue weighted by Crippen LogP contribution is -2.38. The van der Waals surface area contributed by atoms with Gasteiger partial charge < -0.3 is 15.3 Å². The zero-order chi connectivity index (χ0) is 14.7. The van der Waals surface area contributed by atoms with Crippen molar-refractivity contribution in [2.45, 2.75) is 32.2 Å². The largest absolute Gasteiger partial charge is 0.481 e. The van der Waals surface area contributed by atoms with E-state index in [4.69, 9.17) is 16.7 Å². The van der Waals surface area contributed by atoms with E-state index in [2.05, 4.69) is 5.32 Å². The number of carbonyl (C=O) groups is 2. The van der Waals surface area contributed by atoms with Gasteiger partial charge >= 0.3 is 12.0 Å². The molecule has 1 aliphatic rings. The standard InChI is InChI=1S/C14H17ClN2O3/c1-9-2-3-10(8-12(9)15)16-14(20)17(11-4-5-11)7-6-13(18)19/h2-3,8,11H,4-7H2,1H3,(H,16,20)(H,18,19). The van der Waals surface area contributed by atoms with Crippen molar-refractivity contribution in [1.29, 1.82) is 0 Å². The summed E-state index contributed by atoms with van der Waals surface area (Å²) < 4.78 is 0. The third-order valence-electron chi connectivity index (χ3n) is 3.24. The number of hydrogen-bond donors (Lipinski definition) is 2. The van der Waals surface area contributed by atoms with Gasteiger partial charge in [0.25, 0.3) is 0 Å². The van der Waals surface area contributed by atoms with E-state index in [0.29, 0.717) is 10.7 Å². The highest BCUT2D eigenvalue weighted by atomic mass is 35.5. The Morgan fingerprint density at radius 3 is 2.70 bits per heavy atom. The van der Waals surface area contributed by atoms with E-state index in [0.717, 1.165) is 18.4 Å². The second-order valence-electron chi connectivity index (χ2n) is 4.96. The van der Waals surface area contributed by atoms with E-state index in [1.54, 1.807) is 17.0 Å². The minimum Gasteiger partial charge on any atom is -0.481 e. The van der Waals surface area contributed by atoms with Crippen LogP contribution in [0.4, 0.5) is 10.5 Å². The third-order valence-corrected chi connectivity index (χ3v) is 3.65. The molecule has 5 nitrogen and oxygen atoms in total. The Hall–Kier alpha value is -1.75. The van der Waals surface area contributed by atoms with Crippen LogP contribution in [0.2, 0.25) is 5.02 Å². The molecule has 2 rings (SSSR count). The molecular formula is C14H17ClN2O3. The number of rotatable bonds is 5. The fraction of sp³-hybridized carbons (Fsp3) is 0.429. The number of carboxylic acid groups (broad SMARTS) is 1. The summed E-state index contributed by atoms with van der Waals surface area (Å²) in [6.07, 6.45) is 1.82. The van der Waals surface area contributed by atoms with Crippen molar-refractivity contribution in [3.8, 4) is 0 Å². The van der Waals surface area contributed by atoms with E-state index in [-0.39, 0.29) is 25.0 Å². The molecule has 20 heavy (non-hydrogen) atoms. The van der Waals surface area contributed by atoms with Crippen molar-refractivity contribution in [1.82, 2.24) is 4.90 Å². The van der Waals surface area contributed by atoms with Crippen LogP contribution < -0.4 is 5.32 Å². The molecular weight excluding hydrogens is 280 g/mol. The van der Waals surface area contributed by atoms with E-state index in [1.165, 1.54) is 0 Å². The summed E-state index contributed by atoms with van der Waals surface area (Å²) in [5.41, 5.74) is 1.56. The Morgan fingerprint density at radius 1 is 1.45 bits per heavy atom. The minimum atomic E-state index is -0.901. The van der Waals surface area contributed by atoms with Crippen LogP contribution in [0.25, 0.3) is 0 Å². The first kappa shape index (κ1) is 14.7. The van der Waals surface area contributed by atoms with Crippen molar-refractivity contribution in [2.75, 3.05) is 11.9 Å². The van der Waals surface area contributed by atoms with Crippen molar-refractivity contribution < 1.29 is 14.7 Å². The highest BCUT2D eigenvalue weighted by Gasteiger charge is 2.32. The molecule has 1 aliphatic carbocycles. The number of aryl methyl sites for hydroxylation is 1. The molecule has 2 amide bonds. The second kappa shape index (κ2) is 6.13. The van der Waals surface area contributed by atoms with Crippen molar-refractivity contribution in [3.05, 3.63) is 28.8 Å². The quantitative estimate of drug-likeness (QED) is 0.877. The fourth-order valence-corrected chi connectivity index (χ4v) is 2.10. The summed E-state index contributed by atoms with van der Waals surface area (Å²) in [6.45, 7) is 2.11. The van der Waals surface area contributed by atoms with Crippen LogP contribution in [0.3, 0.4) is 0 Å². The van der Waals surface area contributed by atoms with Crippen molar-refractivity contribution in [3.63, 3.8) is 0 Å². The van der Waals surface area contributed by atoms with Crippen LogP contribution in [0, 0.1) is 6.92 Å². The molecule has 0 spiro atoms. The monoisotopic (exact) mass is 296 g/mol. The van der Waals surface area contributed by atoms with Crippen LogP contribution >= 0.6 is 11.6 Å². The molecule has 0 saturated heterocycles. The summed E-state index contributed by atoms with van der Waals surface area (Å²) in [7, 11) is 0.